The van der Waals surface area contributed by atoms with E-state index in [2.05, 4.69) is 15.8 Å². The lowest BCUT2D eigenvalue weighted by molar-refractivity contribution is -0.125. The lowest BCUT2D eigenvalue weighted by Gasteiger charge is -2.04. The highest BCUT2D eigenvalue weighted by Gasteiger charge is 2.12. The number of hydrazone groups is 1. The lowest BCUT2D eigenvalue weighted by Crippen LogP contribution is -2.35. The second-order valence-electron chi connectivity index (χ2n) is 5.34. The van der Waals surface area contributed by atoms with E-state index in [1.165, 1.54) is 6.21 Å². The van der Waals surface area contributed by atoms with Crippen molar-refractivity contribution >= 4 is 18.0 Å². The highest BCUT2D eigenvalue weighted by Crippen LogP contribution is 2.31. The van der Waals surface area contributed by atoms with E-state index >= 15 is 0 Å². The van der Waals surface area contributed by atoms with E-state index in [1.54, 1.807) is 18.2 Å². The Morgan fingerprint density at radius 1 is 1.04 bits per heavy atom. The predicted octanol–water partition coefficient (Wildman–Crippen LogP) is 1.22. The molecular formula is C18H17N3O4. The van der Waals surface area contributed by atoms with Crippen LogP contribution in [0.3, 0.4) is 0 Å². The molecule has 2 N–H and O–H groups in total. The summed E-state index contributed by atoms with van der Waals surface area (Å²) in [6.45, 7) is 0.0689. The minimum Gasteiger partial charge on any atom is -0.454 e. The Kier molecular flexibility index (Phi) is 5.26. The zero-order valence-electron chi connectivity index (χ0n) is 13.4. The monoisotopic (exact) mass is 339 g/mol. The van der Waals surface area contributed by atoms with Gasteiger partial charge in [-0.05, 0) is 29.3 Å². The number of benzene rings is 2. The zero-order valence-corrected chi connectivity index (χ0v) is 13.4. The number of hydrogen-bond donors (Lipinski definition) is 2. The number of amides is 2. The Labute approximate surface area is 144 Å². The minimum absolute atomic E-state index is 0.135. The summed E-state index contributed by atoms with van der Waals surface area (Å²) in [6, 6.07) is 14.7. The van der Waals surface area contributed by atoms with Gasteiger partial charge in [-0.1, -0.05) is 30.3 Å². The maximum atomic E-state index is 11.8. The average Bonchev–Trinajstić information content (AvgIpc) is 3.09. The predicted molar refractivity (Wildman–Crippen MR) is 91.5 cm³/mol. The molecular weight excluding hydrogens is 322 g/mol. The van der Waals surface area contributed by atoms with E-state index in [1.807, 2.05) is 30.3 Å². The molecule has 7 nitrogen and oxygen atoms in total. The molecule has 0 fully saturated rings. The summed E-state index contributed by atoms with van der Waals surface area (Å²) < 4.78 is 10.5. The second kappa shape index (κ2) is 7.96. The Bertz CT molecular complexity index is 790. The second-order valence-corrected chi connectivity index (χ2v) is 5.34. The fraction of sp³-hybridized carbons (Fsp3) is 0.167. The van der Waals surface area contributed by atoms with Gasteiger partial charge in [-0.15, -0.1) is 0 Å². The summed E-state index contributed by atoms with van der Waals surface area (Å²) in [5.41, 5.74) is 4.01. The molecule has 128 valence electrons. The number of fused-ring (bicyclic) bond motifs is 1. The summed E-state index contributed by atoms with van der Waals surface area (Å²) in [5, 5.41) is 6.41. The third-order valence-corrected chi connectivity index (χ3v) is 3.45. The molecule has 0 bridgehead atoms. The van der Waals surface area contributed by atoms with Gasteiger partial charge in [-0.25, -0.2) is 5.43 Å². The minimum atomic E-state index is -0.404. The van der Waals surface area contributed by atoms with Crippen LogP contribution in [0.4, 0.5) is 0 Å². The first-order valence-electron chi connectivity index (χ1n) is 7.73. The van der Waals surface area contributed by atoms with Gasteiger partial charge < -0.3 is 14.8 Å². The maximum absolute atomic E-state index is 11.8. The van der Waals surface area contributed by atoms with Gasteiger partial charge in [0.25, 0.3) is 5.91 Å². The summed E-state index contributed by atoms with van der Waals surface area (Å²) in [7, 11) is 0. The van der Waals surface area contributed by atoms with Crippen LogP contribution in [0.25, 0.3) is 0 Å². The van der Waals surface area contributed by atoms with Crippen LogP contribution in [0.2, 0.25) is 0 Å². The Morgan fingerprint density at radius 2 is 1.84 bits per heavy atom. The highest BCUT2D eigenvalue weighted by molar-refractivity contribution is 5.87. The van der Waals surface area contributed by atoms with E-state index in [0.717, 1.165) is 11.1 Å². The quantitative estimate of drug-likeness (QED) is 0.612. The van der Waals surface area contributed by atoms with Gasteiger partial charge in [0.2, 0.25) is 12.7 Å². The smallest absolute Gasteiger partial charge is 0.259 e. The van der Waals surface area contributed by atoms with E-state index in [-0.39, 0.29) is 25.7 Å². The van der Waals surface area contributed by atoms with E-state index in [0.29, 0.717) is 11.5 Å². The van der Waals surface area contributed by atoms with Gasteiger partial charge in [-0.2, -0.15) is 5.10 Å². The van der Waals surface area contributed by atoms with Crippen molar-refractivity contribution in [2.45, 2.75) is 6.42 Å². The maximum Gasteiger partial charge on any atom is 0.259 e. The van der Waals surface area contributed by atoms with Crippen LogP contribution in [0.15, 0.2) is 53.6 Å². The SMILES string of the molecule is O=C(Cc1ccccc1)NCC(=O)N/N=C\c1ccc2c(c1)OCO2. The highest BCUT2D eigenvalue weighted by atomic mass is 16.7. The molecule has 25 heavy (non-hydrogen) atoms. The molecule has 0 spiro atoms. The van der Waals surface area contributed by atoms with Gasteiger partial charge in [0.05, 0.1) is 19.2 Å². The molecule has 1 aliphatic heterocycles. The molecule has 0 unspecified atom stereocenters. The first-order valence-corrected chi connectivity index (χ1v) is 7.73. The van der Waals surface area contributed by atoms with Crippen molar-refractivity contribution in [1.82, 2.24) is 10.7 Å². The summed E-state index contributed by atoms with van der Waals surface area (Å²) >= 11 is 0. The topological polar surface area (TPSA) is 89.0 Å². The standard InChI is InChI=1S/C18H17N3O4/c22-17(9-13-4-2-1-3-5-13)19-11-18(23)21-20-10-14-6-7-15-16(8-14)25-12-24-15/h1-8,10H,9,11-12H2,(H,19,22)(H,21,23)/b20-10-. The van der Waals surface area contributed by atoms with Crippen LogP contribution in [0.5, 0.6) is 11.5 Å². The fourth-order valence-corrected chi connectivity index (χ4v) is 2.23. The number of ether oxygens (including phenoxy) is 2. The number of rotatable bonds is 6. The molecule has 3 rings (SSSR count). The average molecular weight is 339 g/mol. The van der Waals surface area contributed by atoms with Gasteiger partial charge >= 0.3 is 0 Å². The molecule has 7 heteroatoms. The molecule has 0 aliphatic carbocycles. The van der Waals surface area contributed by atoms with Crippen molar-refractivity contribution in [1.29, 1.82) is 0 Å². The van der Waals surface area contributed by atoms with Crippen LogP contribution >= 0.6 is 0 Å². The fourth-order valence-electron chi connectivity index (χ4n) is 2.23. The van der Waals surface area contributed by atoms with Crippen molar-refractivity contribution < 1.29 is 19.1 Å². The molecule has 1 aliphatic rings. The van der Waals surface area contributed by atoms with Crippen LogP contribution in [-0.2, 0) is 16.0 Å². The lowest BCUT2D eigenvalue weighted by atomic mass is 10.1. The van der Waals surface area contributed by atoms with Crippen LogP contribution in [-0.4, -0.2) is 31.4 Å². The largest absolute Gasteiger partial charge is 0.454 e. The molecule has 2 amide bonds. The normalized spacial score (nSPS) is 12.2. The molecule has 2 aromatic rings. The van der Waals surface area contributed by atoms with Crippen LogP contribution in [0.1, 0.15) is 11.1 Å². The Morgan fingerprint density at radius 3 is 2.68 bits per heavy atom. The molecule has 0 aromatic heterocycles. The van der Waals surface area contributed by atoms with E-state index < -0.39 is 5.91 Å². The van der Waals surface area contributed by atoms with Gasteiger partial charge in [0.1, 0.15) is 0 Å². The van der Waals surface area contributed by atoms with Gasteiger partial charge in [0, 0.05) is 0 Å². The summed E-state index contributed by atoms with van der Waals surface area (Å²) in [6.07, 6.45) is 1.72. The Hall–Kier alpha value is -3.35. The van der Waals surface area contributed by atoms with Crippen molar-refractivity contribution in [3.05, 3.63) is 59.7 Å². The number of nitrogens with one attached hydrogen (secondary N) is 2. The van der Waals surface area contributed by atoms with Crippen LogP contribution < -0.4 is 20.2 Å². The third-order valence-electron chi connectivity index (χ3n) is 3.45. The van der Waals surface area contributed by atoms with E-state index in [9.17, 15) is 9.59 Å². The number of nitrogens with zero attached hydrogens (tertiary/aromatic N) is 1. The first-order chi connectivity index (χ1) is 12.2. The van der Waals surface area contributed by atoms with Crippen molar-refractivity contribution in [3.8, 4) is 11.5 Å². The molecule has 0 radical (unpaired) electrons. The van der Waals surface area contributed by atoms with Crippen molar-refractivity contribution in [2.24, 2.45) is 5.10 Å². The van der Waals surface area contributed by atoms with Crippen LogP contribution in [0, 0.1) is 0 Å². The number of hydrogen-bond acceptors (Lipinski definition) is 5. The molecule has 1 heterocycles. The zero-order chi connectivity index (χ0) is 17.5. The molecule has 0 saturated heterocycles. The van der Waals surface area contributed by atoms with Crippen molar-refractivity contribution in [2.75, 3.05) is 13.3 Å². The van der Waals surface area contributed by atoms with E-state index in [4.69, 9.17) is 9.47 Å². The summed E-state index contributed by atoms with van der Waals surface area (Å²) in [4.78, 5) is 23.5. The third kappa shape index (κ3) is 4.81. The van der Waals surface area contributed by atoms with Gasteiger partial charge in [-0.3, -0.25) is 9.59 Å². The number of carbonyl (C=O) groups excluding carboxylic acids is 2. The Balaban J connectivity index is 1.41. The van der Waals surface area contributed by atoms with Gasteiger partial charge in [0.15, 0.2) is 11.5 Å². The molecule has 0 saturated carbocycles. The molecule has 0 atom stereocenters. The first kappa shape index (κ1) is 16.5. The summed E-state index contributed by atoms with van der Waals surface area (Å²) in [5.74, 6) is 0.699. The molecule has 2 aromatic carbocycles. The van der Waals surface area contributed by atoms with Crippen molar-refractivity contribution in [3.63, 3.8) is 0 Å². The number of carbonyl (C=O) groups is 2.